The molecule has 2 saturated heterocycles. The van der Waals surface area contributed by atoms with E-state index < -0.39 is 6.09 Å². The maximum absolute atomic E-state index is 12.9. The summed E-state index contributed by atoms with van der Waals surface area (Å²) in [7, 11) is 5.06. The molecule has 196 valence electrons. The van der Waals surface area contributed by atoms with Crippen LogP contribution in [0.2, 0.25) is 0 Å². The fourth-order valence-electron chi connectivity index (χ4n) is 5.83. The number of benzene rings is 2. The molecule has 0 N–H and O–H groups in total. The monoisotopic (exact) mass is 510 g/mol. The lowest BCUT2D eigenvalue weighted by Gasteiger charge is -2.34. The van der Waals surface area contributed by atoms with E-state index in [2.05, 4.69) is 4.90 Å². The standard InChI is InChI=1S/C27H30N2O8/c1-28-4-6-29(7-5-28)27(31)37-25-21(32-2)10-16(11-22(25)33-3)23-18-12-20-19(35-14-36-20)9-15(18)8-17-13-34-26(30)24(17)23/h9-12,17,23-24H,4-8,13-14H2,1-3H3/t17-,23+,24-/m0/s1. The van der Waals surface area contributed by atoms with E-state index in [1.807, 2.05) is 31.3 Å². The molecule has 4 aliphatic rings. The molecule has 6 rings (SSSR count). The normalized spacial score (nSPS) is 24.2. The fourth-order valence-corrected chi connectivity index (χ4v) is 5.83. The number of likely N-dealkylation sites (N-methyl/N-ethyl adjacent to an activating group) is 1. The summed E-state index contributed by atoms with van der Waals surface area (Å²) >= 11 is 0. The summed E-state index contributed by atoms with van der Waals surface area (Å²) in [6.45, 7) is 3.27. The van der Waals surface area contributed by atoms with Crippen LogP contribution in [-0.2, 0) is 16.0 Å². The number of hydrogen-bond donors (Lipinski definition) is 0. The van der Waals surface area contributed by atoms with Gasteiger partial charge < -0.3 is 38.2 Å². The molecular formula is C27H30N2O8. The molecule has 0 spiro atoms. The Morgan fingerprint density at radius 3 is 2.30 bits per heavy atom. The van der Waals surface area contributed by atoms with Crippen molar-refractivity contribution in [2.24, 2.45) is 11.8 Å². The zero-order chi connectivity index (χ0) is 25.7. The Hall–Kier alpha value is -3.66. The highest BCUT2D eigenvalue weighted by Crippen LogP contribution is 2.52. The summed E-state index contributed by atoms with van der Waals surface area (Å²) < 4.78 is 33.9. The van der Waals surface area contributed by atoms with Crippen molar-refractivity contribution >= 4 is 12.1 Å². The van der Waals surface area contributed by atoms with Crippen LogP contribution in [0.3, 0.4) is 0 Å². The van der Waals surface area contributed by atoms with Gasteiger partial charge in [0.25, 0.3) is 0 Å². The van der Waals surface area contributed by atoms with Crippen molar-refractivity contribution in [2.45, 2.75) is 12.3 Å². The van der Waals surface area contributed by atoms with Gasteiger partial charge in [0, 0.05) is 38.0 Å². The van der Waals surface area contributed by atoms with Gasteiger partial charge in [-0.3, -0.25) is 4.79 Å². The molecular weight excluding hydrogens is 480 g/mol. The third-order valence-electron chi connectivity index (χ3n) is 7.82. The first kappa shape index (κ1) is 23.7. The molecule has 2 aromatic carbocycles. The Bertz CT molecular complexity index is 1210. The molecule has 10 nitrogen and oxygen atoms in total. The average molecular weight is 511 g/mol. The number of esters is 1. The fraction of sp³-hybridized carbons (Fsp3) is 0.481. The van der Waals surface area contributed by atoms with Gasteiger partial charge in [-0.2, -0.15) is 0 Å². The zero-order valence-corrected chi connectivity index (χ0v) is 21.2. The van der Waals surface area contributed by atoms with E-state index in [0.29, 0.717) is 49.1 Å². The van der Waals surface area contributed by atoms with E-state index >= 15 is 0 Å². The van der Waals surface area contributed by atoms with Crippen molar-refractivity contribution in [3.8, 4) is 28.7 Å². The highest BCUT2D eigenvalue weighted by atomic mass is 16.7. The molecule has 1 aliphatic carbocycles. The number of amides is 1. The van der Waals surface area contributed by atoms with Crippen molar-refractivity contribution in [3.63, 3.8) is 0 Å². The summed E-state index contributed by atoms with van der Waals surface area (Å²) in [5, 5.41) is 0. The number of carbonyl (C=O) groups excluding carboxylic acids is 2. The van der Waals surface area contributed by atoms with Crippen molar-refractivity contribution in [2.75, 3.05) is 60.8 Å². The van der Waals surface area contributed by atoms with Gasteiger partial charge in [0.15, 0.2) is 23.0 Å². The lowest BCUT2D eigenvalue weighted by molar-refractivity contribution is -0.141. The lowest BCUT2D eigenvalue weighted by Crippen LogP contribution is -2.48. The van der Waals surface area contributed by atoms with E-state index in [4.69, 9.17) is 28.4 Å². The van der Waals surface area contributed by atoms with Crippen LogP contribution >= 0.6 is 0 Å². The van der Waals surface area contributed by atoms with Gasteiger partial charge in [0.2, 0.25) is 12.5 Å². The molecule has 2 aromatic rings. The third kappa shape index (κ3) is 4.09. The molecule has 0 unspecified atom stereocenters. The number of rotatable bonds is 4. The van der Waals surface area contributed by atoms with Crippen molar-refractivity contribution in [1.82, 2.24) is 9.80 Å². The number of fused-ring (bicyclic) bond motifs is 3. The van der Waals surface area contributed by atoms with Crippen LogP contribution in [0.5, 0.6) is 28.7 Å². The maximum Gasteiger partial charge on any atom is 0.415 e. The molecule has 0 radical (unpaired) electrons. The highest BCUT2D eigenvalue weighted by Gasteiger charge is 2.48. The molecule has 2 fully saturated rings. The Kier molecular flexibility index (Phi) is 5.98. The van der Waals surface area contributed by atoms with E-state index in [1.54, 1.807) is 4.90 Å². The van der Waals surface area contributed by atoms with Gasteiger partial charge in [-0.15, -0.1) is 0 Å². The Labute approximate surface area is 214 Å². The second kappa shape index (κ2) is 9.33. The topological polar surface area (TPSA) is 96.0 Å². The first-order chi connectivity index (χ1) is 18.0. The minimum atomic E-state index is -0.451. The van der Waals surface area contributed by atoms with Gasteiger partial charge in [-0.1, -0.05) is 0 Å². The summed E-state index contributed by atoms with van der Waals surface area (Å²) in [6.07, 6.45) is 0.265. The highest BCUT2D eigenvalue weighted by molar-refractivity contribution is 5.79. The minimum absolute atomic E-state index is 0.0390. The van der Waals surface area contributed by atoms with Gasteiger partial charge in [-0.25, -0.2) is 4.79 Å². The number of piperazine rings is 1. The molecule has 10 heteroatoms. The van der Waals surface area contributed by atoms with Gasteiger partial charge in [0.05, 0.1) is 26.7 Å². The predicted molar refractivity (Wildman–Crippen MR) is 131 cm³/mol. The van der Waals surface area contributed by atoms with Gasteiger partial charge in [-0.05, 0) is 54.4 Å². The first-order valence-corrected chi connectivity index (χ1v) is 12.5. The SMILES string of the molecule is COc1cc([C@@H]2c3cc4c(cc3C[C@H]3COC(=O)[C@@H]32)OCO4)cc(OC)c1OC(=O)N1CCN(C)CC1. The van der Waals surface area contributed by atoms with E-state index in [1.165, 1.54) is 14.2 Å². The smallest absolute Gasteiger partial charge is 0.415 e. The number of methoxy groups -OCH3 is 2. The van der Waals surface area contributed by atoms with Crippen molar-refractivity contribution in [1.29, 1.82) is 0 Å². The second-order valence-electron chi connectivity index (χ2n) is 9.91. The predicted octanol–water partition coefficient (Wildman–Crippen LogP) is 2.66. The summed E-state index contributed by atoms with van der Waals surface area (Å²) in [6, 6.07) is 7.61. The number of carbonyl (C=O) groups is 2. The van der Waals surface area contributed by atoms with Gasteiger partial charge >= 0.3 is 12.1 Å². The minimum Gasteiger partial charge on any atom is -0.493 e. The van der Waals surface area contributed by atoms with Gasteiger partial charge in [0.1, 0.15) is 0 Å². The molecule has 3 heterocycles. The molecule has 0 saturated carbocycles. The number of nitrogens with zero attached hydrogens (tertiary/aromatic N) is 2. The zero-order valence-electron chi connectivity index (χ0n) is 21.2. The molecule has 0 aromatic heterocycles. The molecule has 3 aliphatic heterocycles. The van der Waals surface area contributed by atoms with Crippen LogP contribution in [0.25, 0.3) is 0 Å². The first-order valence-electron chi connectivity index (χ1n) is 12.5. The largest absolute Gasteiger partial charge is 0.493 e. The molecule has 3 atom stereocenters. The lowest BCUT2D eigenvalue weighted by atomic mass is 9.67. The van der Waals surface area contributed by atoms with Crippen LogP contribution < -0.4 is 23.7 Å². The average Bonchev–Trinajstić information content (AvgIpc) is 3.52. The van der Waals surface area contributed by atoms with Crippen LogP contribution in [0.4, 0.5) is 4.79 Å². The molecule has 0 bridgehead atoms. The van der Waals surface area contributed by atoms with Crippen molar-refractivity contribution in [3.05, 3.63) is 41.0 Å². The van der Waals surface area contributed by atoms with E-state index in [0.717, 1.165) is 29.8 Å². The Morgan fingerprint density at radius 1 is 0.946 bits per heavy atom. The molecule has 37 heavy (non-hydrogen) atoms. The Balaban J connectivity index is 1.40. The maximum atomic E-state index is 12.9. The summed E-state index contributed by atoms with van der Waals surface area (Å²) in [4.78, 5) is 29.7. The van der Waals surface area contributed by atoms with Crippen molar-refractivity contribution < 1.29 is 38.0 Å². The number of ether oxygens (including phenoxy) is 6. The Morgan fingerprint density at radius 2 is 1.62 bits per heavy atom. The van der Waals surface area contributed by atoms with Crippen LogP contribution in [-0.4, -0.2) is 82.7 Å². The van der Waals surface area contributed by atoms with Crippen LogP contribution in [0, 0.1) is 11.8 Å². The van der Waals surface area contributed by atoms with E-state index in [9.17, 15) is 9.59 Å². The quantitative estimate of drug-likeness (QED) is 0.575. The second-order valence-corrected chi connectivity index (χ2v) is 9.91. The number of hydrogen-bond acceptors (Lipinski definition) is 9. The van der Waals surface area contributed by atoms with Crippen LogP contribution in [0.1, 0.15) is 22.6 Å². The third-order valence-corrected chi connectivity index (χ3v) is 7.82. The molecule has 1 amide bonds. The van der Waals surface area contributed by atoms with E-state index in [-0.39, 0.29) is 36.3 Å². The summed E-state index contributed by atoms with van der Waals surface area (Å²) in [5.41, 5.74) is 2.88. The number of cyclic esters (lactones) is 1. The van der Waals surface area contributed by atoms with Crippen LogP contribution in [0.15, 0.2) is 24.3 Å². The summed E-state index contributed by atoms with van der Waals surface area (Å²) in [5.74, 6) is 1.43.